The average Bonchev–Trinajstić information content (AvgIpc) is 2.97. The highest BCUT2D eigenvalue weighted by molar-refractivity contribution is 6.00. The first-order valence-corrected chi connectivity index (χ1v) is 13.9. The van der Waals surface area contributed by atoms with Gasteiger partial charge in [0.15, 0.2) is 0 Å². The van der Waals surface area contributed by atoms with Gasteiger partial charge in [0.25, 0.3) is 5.91 Å². The fraction of sp³-hybridized carbons (Fsp3) is 0.448. The summed E-state index contributed by atoms with van der Waals surface area (Å²) in [6.45, 7) is 6.60. The molecular weight excluding hydrogens is 546 g/mol. The van der Waals surface area contributed by atoms with E-state index in [2.05, 4.69) is 26.2 Å². The largest absolute Gasteiger partial charge is 0.507 e. The van der Waals surface area contributed by atoms with Gasteiger partial charge in [0.2, 0.25) is 17.7 Å². The minimum absolute atomic E-state index is 0.169. The van der Waals surface area contributed by atoms with E-state index >= 15 is 0 Å². The molecule has 226 valence electrons. The Kier molecular flexibility index (Phi) is 10.3. The van der Waals surface area contributed by atoms with Crippen LogP contribution in [0.15, 0.2) is 42.5 Å². The fourth-order valence-corrected chi connectivity index (χ4v) is 4.61. The normalized spacial score (nSPS) is 22.9. The number of hydrogen-bond acceptors (Lipinski definition) is 9. The van der Waals surface area contributed by atoms with Gasteiger partial charge in [0, 0.05) is 32.6 Å². The number of phenols is 1. The topological polar surface area (TPSA) is 179 Å². The molecule has 3 heterocycles. The SMILES string of the molecule is C[C@@H]1NC(=O)[C@H]([C@@H](C)O)NC(=O)c2cc(ccc2O)Oc2ccc(cc2)C[C@@H](C(=O)NCCN2CCOCC2)NC1=O. The number of aromatic hydroxyl groups is 1. The number of aliphatic hydroxyl groups excluding tert-OH is 1. The van der Waals surface area contributed by atoms with Gasteiger partial charge in [-0.25, -0.2) is 0 Å². The third kappa shape index (κ3) is 8.18. The zero-order valence-corrected chi connectivity index (χ0v) is 23.6. The molecule has 0 spiro atoms. The second kappa shape index (κ2) is 14.1. The van der Waals surface area contributed by atoms with E-state index in [4.69, 9.17) is 9.47 Å². The summed E-state index contributed by atoms with van der Waals surface area (Å²) in [5.41, 5.74) is 0.575. The molecule has 4 atom stereocenters. The Hall–Kier alpha value is -4.20. The molecule has 4 amide bonds. The van der Waals surface area contributed by atoms with Crippen LogP contribution in [0.3, 0.4) is 0 Å². The van der Waals surface area contributed by atoms with Crippen LogP contribution < -0.4 is 26.0 Å². The summed E-state index contributed by atoms with van der Waals surface area (Å²) < 4.78 is 11.2. The number of morpholine rings is 1. The molecular formula is C29H37N5O8. The number of ether oxygens (including phenoxy) is 2. The van der Waals surface area contributed by atoms with Crippen molar-refractivity contribution in [3.05, 3.63) is 53.6 Å². The predicted octanol–water partition coefficient (Wildman–Crippen LogP) is -0.342. The van der Waals surface area contributed by atoms with E-state index in [-0.39, 0.29) is 29.4 Å². The molecule has 2 aromatic rings. The van der Waals surface area contributed by atoms with Crippen molar-refractivity contribution in [1.82, 2.24) is 26.2 Å². The van der Waals surface area contributed by atoms with Gasteiger partial charge >= 0.3 is 0 Å². The lowest BCUT2D eigenvalue weighted by Crippen LogP contribution is -2.58. The highest BCUT2D eigenvalue weighted by Gasteiger charge is 2.31. The molecule has 4 bridgehead atoms. The lowest BCUT2D eigenvalue weighted by atomic mass is 10.0. The van der Waals surface area contributed by atoms with Crippen LogP contribution in [0.4, 0.5) is 0 Å². The van der Waals surface area contributed by atoms with Crippen molar-refractivity contribution in [2.75, 3.05) is 39.4 Å². The first-order chi connectivity index (χ1) is 20.1. The van der Waals surface area contributed by atoms with Gasteiger partial charge in [-0.15, -0.1) is 0 Å². The predicted molar refractivity (Wildman–Crippen MR) is 151 cm³/mol. The summed E-state index contributed by atoms with van der Waals surface area (Å²) in [7, 11) is 0. The van der Waals surface area contributed by atoms with E-state index in [1.54, 1.807) is 24.3 Å². The van der Waals surface area contributed by atoms with Gasteiger partial charge in [-0.3, -0.25) is 24.1 Å². The molecule has 0 unspecified atom stereocenters. The number of carbonyl (C=O) groups excluding carboxylic acids is 4. The third-order valence-corrected chi connectivity index (χ3v) is 7.08. The van der Waals surface area contributed by atoms with Crippen LogP contribution in [0.5, 0.6) is 17.2 Å². The summed E-state index contributed by atoms with van der Waals surface area (Å²) in [4.78, 5) is 54.5. The molecule has 0 aliphatic carbocycles. The van der Waals surface area contributed by atoms with Crippen LogP contribution in [0.1, 0.15) is 29.8 Å². The number of amides is 4. The molecule has 3 aliphatic heterocycles. The van der Waals surface area contributed by atoms with Crippen molar-refractivity contribution in [2.45, 2.75) is 44.5 Å². The van der Waals surface area contributed by atoms with Gasteiger partial charge < -0.3 is 41.0 Å². The van der Waals surface area contributed by atoms with Gasteiger partial charge in [-0.1, -0.05) is 12.1 Å². The number of carbonyl (C=O) groups is 4. The summed E-state index contributed by atoms with van der Waals surface area (Å²) in [5.74, 6) is -2.33. The molecule has 42 heavy (non-hydrogen) atoms. The molecule has 1 saturated heterocycles. The Bertz CT molecular complexity index is 1280. The number of nitrogens with one attached hydrogen (secondary N) is 4. The number of nitrogens with zero attached hydrogens (tertiary/aromatic N) is 1. The maximum absolute atomic E-state index is 13.2. The number of hydrogen-bond donors (Lipinski definition) is 6. The molecule has 2 aromatic carbocycles. The fourth-order valence-electron chi connectivity index (χ4n) is 4.61. The van der Waals surface area contributed by atoms with Crippen LogP contribution in [-0.4, -0.2) is 102 Å². The van der Waals surface area contributed by atoms with Crippen LogP contribution in [0.25, 0.3) is 0 Å². The first kappa shape index (κ1) is 30.8. The number of aliphatic hydroxyl groups is 1. The summed E-state index contributed by atoms with van der Waals surface area (Å²) in [6.07, 6.45) is -1.16. The van der Waals surface area contributed by atoms with E-state index in [0.29, 0.717) is 32.1 Å². The first-order valence-electron chi connectivity index (χ1n) is 13.9. The smallest absolute Gasteiger partial charge is 0.255 e. The number of rotatable bonds is 5. The second-order valence-electron chi connectivity index (χ2n) is 10.4. The molecule has 13 nitrogen and oxygen atoms in total. The van der Waals surface area contributed by atoms with Crippen molar-refractivity contribution in [3.63, 3.8) is 0 Å². The van der Waals surface area contributed by atoms with E-state index in [1.165, 1.54) is 32.0 Å². The zero-order chi connectivity index (χ0) is 30.2. The summed E-state index contributed by atoms with van der Waals surface area (Å²) >= 11 is 0. The van der Waals surface area contributed by atoms with Crippen LogP contribution in [-0.2, 0) is 25.5 Å². The van der Waals surface area contributed by atoms with Crippen molar-refractivity contribution in [3.8, 4) is 17.2 Å². The molecule has 5 rings (SSSR count). The van der Waals surface area contributed by atoms with Crippen molar-refractivity contribution in [2.24, 2.45) is 0 Å². The number of fused-ring (bicyclic) bond motifs is 11. The Labute approximate surface area is 243 Å². The molecule has 0 saturated carbocycles. The van der Waals surface area contributed by atoms with Crippen LogP contribution in [0.2, 0.25) is 0 Å². The minimum atomic E-state index is -1.44. The standard InChI is InChI=1S/C29H37N5O8/c1-17-26(37)32-23(28(39)30-9-10-34-11-13-41-14-12-34)15-19-3-5-20(6-4-19)42-21-7-8-24(36)22(16-21)27(38)33-25(18(2)35)29(40)31-17/h3-8,16-18,23,25,35-36H,9-15H2,1-2H3,(H,30,39)(H,31,40)(H,32,37)(H,33,38)/t17-,18+,23-,25-/m0/s1. The van der Waals surface area contributed by atoms with Gasteiger partial charge in [-0.2, -0.15) is 0 Å². The molecule has 0 radical (unpaired) electrons. The lowest BCUT2D eigenvalue weighted by Gasteiger charge is -2.27. The van der Waals surface area contributed by atoms with Crippen LogP contribution in [0, 0.1) is 0 Å². The minimum Gasteiger partial charge on any atom is -0.507 e. The highest BCUT2D eigenvalue weighted by atomic mass is 16.5. The zero-order valence-electron chi connectivity index (χ0n) is 23.6. The van der Waals surface area contributed by atoms with E-state index in [9.17, 15) is 29.4 Å². The molecule has 13 heteroatoms. The maximum Gasteiger partial charge on any atom is 0.255 e. The van der Waals surface area contributed by atoms with Crippen molar-refractivity contribution >= 4 is 23.6 Å². The second-order valence-corrected chi connectivity index (χ2v) is 10.4. The number of benzene rings is 2. The van der Waals surface area contributed by atoms with E-state index < -0.39 is 42.0 Å². The molecule has 1 fully saturated rings. The Morgan fingerprint density at radius 2 is 1.71 bits per heavy atom. The van der Waals surface area contributed by atoms with Crippen molar-refractivity contribution in [1.29, 1.82) is 0 Å². The Balaban J connectivity index is 1.57. The van der Waals surface area contributed by atoms with Gasteiger partial charge in [0.1, 0.15) is 35.4 Å². The third-order valence-electron chi connectivity index (χ3n) is 7.08. The lowest BCUT2D eigenvalue weighted by molar-refractivity contribution is -0.133. The quantitative estimate of drug-likeness (QED) is 0.257. The maximum atomic E-state index is 13.2. The summed E-state index contributed by atoms with van der Waals surface area (Å²) in [6, 6.07) is 7.46. The van der Waals surface area contributed by atoms with Gasteiger partial charge in [0.05, 0.1) is 24.9 Å². The average molecular weight is 584 g/mol. The Morgan fingerprint density at radius 1 is 1.02 bits per heavy atom. The van der Waals surface area contributed by atoms with E-state index in [0.717, 1.165) is 18.7 Å². The van der Waals surface area contributed by atoms with Crippen molar-refractivity contribution < 1.29 is 38.9 Å². The monoisotopic (exact) mass is 583 g/mol. The Morgan fingerprint density at radius 3 is 2.40 bits per heavy atom. The summed E-state index contributed by atoms with van der Waals surface area (Å²) in [5, 5.41) is 31.0. The molecule has 3 aliphatic rings. The molecule has 6 N–H and O–H groups in total. The number of phenolic OH excluding ortho intramolecular Hbond substituents is 1. The van der Waals surface area contributed by atoms with Gasteiger partial charge in [-0.05, 0) is 49.7 Å². The van der Waals surface area contributed by atoms with E-state index in [1.807, 2.05) is 0 Å². The molecule has 0 aromatic heterocycles. The highest BCUT2D eigenvalue weighted by Crippen LogP contribution is 2.28. The van der Waals surface area contributed by atoms with Crippen LogP contribution >= 0.6 is 0 Å².